The Morgan fingerprint density at radius 3 is 2.83 bits per heavy atom. The van der Waals surface area contributed by atoms with Crippen molar-refractivity contribution in [3.05, 3.63) is 71.3 Å². The molecule has 0 saturated carbocycles. The quantitative estimate of drug-likeness (QED) is 0.205. The Kier molecular flexibility index (Phi) is 7.58. The number of carbonyl (C=O) groups excluding carboxylic acids is 3. The number of rotatable bonds is 10. The van der Waals surface area contributed by atoms with Crippen LogP contribution in [0.1, 0.15) is 58.0 Å². The van der Waals surface area contributed by atoms with E-state index in [1.807, 2.05) is 36.6 Å². The third-order valence-electron chi connectivity index (χ3n) is 6.60. The van der Waals surface area contributed by atoms with Crippen molar-refractivity contribution in [3.63, 3.8) is 0 Å². The zero-order valence-electron chi connectivity index (χ0n) is 22.3. The van der Waals surface area contributed by atoms with Gasteiger partial charge in [-0.2, -0.15) is 5.10 Å². The Morgan fingerprint density at radius 1 is 1.23 bits per heavy atom. The Labute approximate surface area is 230 Å². The molecule has 206 valence electrons. The third-order valence-corrected chi connectivity index (χ3v) is 6.60. The summed E-state index contributed by atoms with van der Waals surface area (Å²) in [5.74, 6) is -0.351. The number of amides is 3. The molecule has 4 heterocycles. The molecular formula is C28H30N8O4. The molecule has 0 unspecified atom stereocenters. The lowest BCUT2D eigenvalue weighted by molar-refractivity contribution is -0.116. The maximum absolute atomic E-state index is 13.2. The van der Waals surface area contributed by atoms with Crippen LogP contribution in [0.25, 0.3) is 17.1 Å². The number of primary amides is 1. The van der Waals surface area contributed by atoms with Crippen LogP contribution in [0, 0.1) is 6.92 Å². The number of imidazole rings is 1. The van der Waals surface area contributed by atoms with Gasteiger partial charge >= 0.3 is 0 Å². The number of nitrogens with two attached hydrogens (primary N) is 1. The number of nitrogens with zero attached hydrogens (tertiary/aromatic N) is 5. The predicted octanol–water partition coefficient (Wildman–Crippen LogP) is 2.85. The lowest BCUT2D eigenvalue weighted by atomic mass is 10.1. The molecule has 0 radical (unpaired) electrons. The number of pyridine rings is 1. The van der Waals surface area contributed by atoms with Crippen LogP contribution in [0.2, 0.25) is 0 Å². The summed E-state index contributed by atoms with van der Waals surface area (Å²) < 4.78 is 9.57. The number of ether oxygens (including phenoxy) is 1. The number of carbonyl (C=O) groups is 3. The van der Waals surface area contributed by atoms with Crippen LogP contribution in [-0.4, -0.2) is 55.2 Å². The van der Waals surface area contributed by atoms with Gasteiger partial charge in [-0.05, 0) is 63.1 Å². The molecule has 4 aromatic rings. The van der Waals surface area contributed by atoms with Crippen LogP contribution in [0.3, 0.4) is 0 Å². The molecule has 3 amide bonds. The van der Waals surface area contributed by atoms with Crippen molar-refractivity contribution >= 4 is 40.8 Å². The van der Waals surface area contributed by atoms with Gasteiger partial charge in [-0.25, -0.2) is 4.98 Å². The van der Waals surface area contributed by atoms with Gasteiger partial charge in [0.25, 0.3) is 5.91 Å². The Hall–Kier alpha value is -5.00. The fraction of sp³-hybridized carbons (Fsp3) is 0.286. The highest BCUT2D eigenvalue weighted by Crippen LogP contribution is 2.38. The van der Waals surface area contributed by atoms with E-state index in [1.54, 1.807) is 35.2 Å². The monoisotopic (exact) mass is 542 g/mol. The molecule has 1 aromatic carbocycles. The van der Waals surface area contributed by atoms with Gasteiger partial charge in [0.05, 0.1) is 22.9 Å². The Bertz CT molecular complexity index is 1610. The standard InChI is InChI=1S/C28H30N8O4/c1-3-35-22(13-17(2)34-35)27(39)33-28-32-21-14-18(26(29)38)15-23-25(21)36(28)20(16-40-23)8-6-12-31-24(37)10-9-19-7-4-5-11-30-19/h4-5,7,9-11,13-15,20H,3,6,8,12,16H2,1-2H3,(H2,29,38)(H,31,37)(H,32,33,39)/b10-9+/t20-/m0/s1. The molecule has 1 atom stereocenters. The molecule has 12 heteroatoms. The third kappa shape index (κ3) is 5.55. The van der Waals surface area contributed by atoms with Gasteiger partial charge in [0.15, 0.2) is 0 Å². The predicted molar refractivity (Wildman–Crippen MR) is 149 cm³/mol. The number of nitrogens with one attached hydrogen (secondary N) is 2. The molecule has 0 spiro atoms. The summed E-state index contributed by atoms with van der Waals surface area (Å²) >= 11 is 0. The number of aryl methyl sites for hydroxylation is 2. The van der Waals surface area contributed by atoms with Crippen LogP contribution in [0.4, 0.5) is 5.95 Å². The second-order valence-electron chi connectivity index (χ2n) is 9.44. The van der Waals surface area contributed by atoms with Crippen LogP contribution >= 0.6 is 0 Å². The van der Waals surface area contributed by atoms with Crippen molar-refractivity contribution in [2.75, 3.05) is 18.5 Å². The maximum Gasteiger partial charge on any atom is 0.276 e. The highest BCUT2D eigenvalue weighted by atomic mass is 16.5. The number of hydrogen-bond acceptors (Lipinski definition) is 7. The zero-order valence-corrected chi connectivity index (χ0v) is 22.3. The van der Waals surface area contributed by atoms with Crippen molar-refractivity contribution < 1.29 is 19.1 Å². The van der Waals surface area contributed by atoms with E-state index in [0.717, 1.165) is 5.69 Å². The fourth-order valence-corrected chi connectivity index (χ4v) is 4.74. The normalized spacial score (nSPS) is 14.3. The summed E-state index contributed by atoms with van der Waals surface area (Å²) in [6, 6.07) is 10.2. The smallest absolute Gasteiger partial charge is 0.276 e. The van der Waals surface area contributed by atoms with Crippen molar-refractivity contribution in [3.8, 4) is 5.75 Å². The van der Waals surface area contributed by atoms with Gasteiger partial charge in [-0.1, -0.05) is 6.07 Å². The minimum absolute atomic E-state index is 0.175. The topological polar surface area (TPSA) is 159 Å². The number of anilines is 1. The minimum atomic E-state index is -0.598. The second kappa shape index (κ2) is 11.4. The van der Waals surface area contributed by atoms with E-state index in [0.29, 0.717) is 66.7 Å². The summed E-state index contributed by atoms with van der Waals surface area (Å²) in [6.45, 7) is 5.02. The van der Waals surface area contributed by atoms with Crippen LogP contribution in [-0.2, 0) is 11.3 Å². The zero-order chi connectivity index (χ0) is 28.2. The van der Waals surface area contributed by atoms with E-state index in [1.165, 1.54) is 6.08 Å². The largest absolute Gasteiger partial charge is 0.489 e. The van der Waals surface area contributed by atoms with Gasteiger partial charge < -0.3 is 20.4 Å². The fourth-order valence-electron chi connectivity index (χ4n) is 4.74. The number of aromatic nitrogens is 5. The highest BCUT2D eigenvalue weighted by Gasteiger charge is 2.29. The van der Waals surface area contributed by atoms with Gasteiger partial charge in [0.1, 0.15) is 23.6 Å². The molecule has 0 aliphatic carbocycles. The summed E-state index contributed by atoms with van der Waals surface area (Å²) in [5.41, 5.74) is 8.79. The molecule has 0 bridgehead atoms. The molecule has 0 saturated heterocycles. The van der Waals surface area contributed by atoms with E-state index in [9.17, 15) is 14.4 Å². The first-order valence-electron chi connectivity index (χ1n) is 13.1. The molecule has 3 aromatic heterocycles. The average Bonchev–Trinajstić information content (AvgIpc) is 3.52. The molecular weight excluding hydrogens is 512 g/mol. The maximum atomic E-state index is 13.2. The first kappa shape index (κ1) is 26.6. The number of hydrogen-bond donors (Lipinski definition) is 3. The lowest BCUT2D eigenvalue weighted by Crippen LogP contribution is -2.28. The van der Waals surface area contributed by atoms with E-state index in [4.69, 9.17) is 10.5 Å². The van der Waals surface area contributed by atoms with Crippen molar-refractivity contribution in [1.82, 2.24) is 29.6 Å². The summed E-state index contributed by atoms with van der Waals surface area (Å²) in [4.78, 5) is 46.2. The second-order valence-corrected chi connectivity index (χ2v) is 9.44. The van der Waals surface area contributed by atoms with Gasteiger partial charge in [0.2, 0.25) is 17.8 Å². The van der Waals surface area contributed by atoms with Crippen LogP contribution < -0.4 is 21.1 Å². The first-order valence-corrected chi connectivity index (χ1v) is 13.1. The van der Waals surface area contributed by atoms with E-state index in [2.05, 4.69) is 25.7 Å². The SMILES string of the molecule is CCn1nc(C)cc1C(=O)Nc1nc2cc(C(N)=O)cc3c2n1[C@@H](CCCNC(=O)/C=C/c1ccccn1)CO3. The first-order chi connectivity index (χ1) is 19.3. The van der Waals surface area contributed by atoms with Crippen molar-refractivity contribution in [2.45, 2.75) is 39.3 Å². The molecule has 1 aliphatic rings. The average molecular weight is 543 g/mol. The number of benzene rings is 1. The summed E-state index contributed by atoms with van der Waals surface area (Å²) in [7, 11) is 0. The van der Waals surface area contributed by atoms with E-state index >= 15 is 0 Å². The lowest BCUT2D eigenvalue weighted by Gasteiger charge is -2.27. The molecule has 12 nitrogen and oxygen atoms in total. The van der Waals surface area contributed by atoms with Crippen LogP contribution in [0.15, 0.2) is 48.7 Å². The van der Waals surface area contributed by atoms with Crippen molar-refractivity contribution in [2.24, 2.45) is 5.73 Å². The molecule has 4 N–H and O–H groups in total. The van der Waals surface area contributed by atoms with Gasteiger partial charge in [0, 0.05) is 30.9 Å². The Morgan fingerprint density at radius 2 is 2.08 bits per heavy atom. The van der Waals surface area contributed by atoms with Gasteiger partial charge in [-0.15, -0.1) is 0 Å². The molecule has 40 heavy (non-hydrogen) atoms. The van der Waals surface area contributed by atoms with E-state index < -0.39 is 5.91 Å². The van der Waals surface area contributed by atoms with Gasteiger partial charge in [-0.3, -0.25) is 29.4 Å². The summed E-state index contributed by atoms with van der Waals surface area (Å²) in [6.07, 6.45) is 6.07. The van der Waals surface area contributed by atoms with E-state index in [-0.39, 0.29) is 23.4 Å². The van der Waals surface area contributed by atoms with Crippen LogP contribution in [0.5, 0.6) is 5.75 Å². The minimum Gasteiger partial charge on any atom is -0.489 e. The molecule has 0 fully saturated rings. The molecule has 1 aliphatic heterocycles. The Balaban J connectivity index is 1.34. The highest BCUT2D eigenvalue weighted by molar-refractivity contribution is 6.04. The van der Waals surface area contributed by atoms with Crippen molar-refractivity contribution in [1.29, 1.82) is 0 Å². The molecule has 5 rings (SSSR count). The summed E-state index contributed by atoms with van der Waals surface area (Å²) in [5, 5.41) is 10.2.